The molecule has 3 aromatic rings. The van der Waals surface area contributed by atoms with Gasteiger partial charge < -0.3 is 19.5 Å². The van der Waals surface area contributed by atoms with Crippen molar-refractivity contribution in [3.8, 4) is 5.75 Å². The second-order valence-corrected chi connectivity index (χ2v) is 9.16. The number of carbonyl (C=O) groups excluding carboxylic acids is 2. The number of aromatic amines is 1. The van der Waals surface area contributed by atoms with Gasteiger partial charge in [0.05, 0.1) is 29.0 Å². The van der Waals surface area contributed by atoms with Crippen molar-refractivity contribution in [3.63, 3.8) is 0 Å². The molecule has 174 valence electrons. The first-order valence-corrected chi connectivity index (χ1v) is 11.7. The zero-order valence-electron chi connectivity index (χ0n) is 19.6. The Morgan fingerprint density at radius 3 is 2.79 bits per heavy atom. The van der Waals surface area contributed by atoms with Crippen LogP contribution in [-0.4, -0.2) is 64.4 Å². The largest absolute Gasteiger partial charge is 0.491 e. The van der Waals surface area contributed by atoms with Gasteiger partial charge in [-0.3, -0.25) is 9.59 Å². The van der Waals surface area contributed by atoms with Crippen LogP contribution in [0.1, 0.15) is 53.8 Å². The minimum Gasteiger partial charge on any atom is -0.491 e. The van der Waals surface area contributed by atoms with E-state index in [1.165, 1.54) is 0 Å². The molecule has 2 aromatic carbocycles. The highest BCUT2D eigenvalue weighted by Crippen LogP contribution is 2.24. The van der Waals surface area contributed by atoms with Gasteiger partial charge in [0.15, 0.2) is 0 Å². The zero-order valence-corrected chi connectivity index (χ0v) is 19.6. The number of imidazole rings is 1. The lowest BCUT2D eigenvalue weighted by atomic mass is 10.0. The summed E-state index contributed by atoms with van der Waals surface area (Å²) in [7, 11) is 1.81. The molecule has 4 rings (SSSR count). The van der Waals surface area contributed by atoms with Crippen LogP contribution in [0.25, 0.3) is 11.0 Å². The van der Waals surface area contributed by atoms with Crippen LogP contribution in [0.2, 0.25) is 0 Å². The van der Waals surface area contributed by atoms with Crippen molar-refractivity contribution in [2.75, 3.05) is 26.7 Å². The Hall–Kier alpha value is -3.35. The molecule has 0 bridgehead atoms. The molecule has 1 aliphatic rings. The van der Waals surface area contributed by atoms with E-state index in [1.807, 2.05) is 48.3 Å². The highest BCUT2D eigenvalue weighted by Gasteiger charge is 2.28. The topological polar surface area (TPSA) is 78.5 Å². The van der Waals surface area contributed by atoms with Gasteiger partial charge in [-0.2, -0.15) is 0 Å². The number of carbonyl (C=O) groups is 2. The Morgan fingerprint density at radius 1 is 1.18 bits per heavy atom. The maximum absolute atomic E-state index is 13.7. The standard InChI is InChI=1S/C26H32N4O3/c1-18(2)14-20-16-33-24-9-5-4-8-21(24)26(32)29(3)12-6-7-13-30(20)25(31)19-10-11-22-23(15-19)28-17-27-22/h4-5,8-11,15,17-18,20H,6-7,12-14,16H2,1-3H3,(H,27,28)/t20-/m0/s1. The molecule has 1 aromatic heterocycles. The number of hydrogen-bond acceptors (Lipinski definition) is 4. The lowest BCUT2D eigenvalue weighted by molar-refractivity contribution is 0.0559. The summed E-state index contributed by atoms with van der Waals surface area (Å²) in [5.74, 6) is 0.915. The zero-order chi connectivity index (χ0) is 23.4. The number of nitrogens with one attached hydrogen (secondary N) is 1. The fourth-order valence-corrected chi connectivity index (χ4v) is 4.41. The molecular weight excluding hydrogens is 416 g/mol. The molecule has 1 atom stereocenters. The average Bonchev–Trinajstić information content (AvgIpc) is 3.28. The van der Waals surface area contributed by atoms with Crippen molar-refractivity contribution in [1.82, 2.24) is 19.8 Å². The van der Waals surface area contributed by atoms with E-state index < -0.39 is 0 Å². The van der Waals surface area contributed by atoms with Gasteiger partial charge in [0.2, 0.25) is 0 Å². The van der Waals surface area contributed by atoms with Gasteiger partial charge in [0.1, 0.15) is 12.4 Å². The molecule has 1 N–H and O–H groups in total. The number of para-hydroxylation sites is 1. The monoisotopic (exact) mass is 448 g/mol. The van der Waals surface area contributed by atoms with Crippen molar-refractivity contribution in [1.29, 1.82) is 0 Å². The SMILES string of the molecule is CC(C)C[C@H]1COc2ccccc2C(=O)N(C)CCCCN1C(=O)c1ccc2nc[nH]c2c1. The fourth-order valence-electron chi connectivity index (χ4n) is 4.41. The van der Waals surface area contributed by atoms with Crippen LogP contribution in [0.3, 0.4) is 0 Å². The highest BCUT2D eigenvalue weighted by atomic mass is 16.5. The van der Waals surface area contributed by atoms with E-state index in [9.17, 15) is 9.59 Å². The maximum Gasteiger partial charge on any atom is 0.257 e. The van der Waals surface area contributed by atoms with Crippen molar-refractivity contribution in [2.24, 2.45) is 5.92 Å². The molecule has 2 amide bonds. The maximum atomic E-state index is 13.7. The predicted octanol–water partition coefficient (Wildman–Crippen LogP) is 4.36. The summed E-state index contributed by atoms with van der Waals surface area (Å²) < 4.78 is 6.21. The quantitative estimate of drug-likeness (QED) is 0.646. The van der Waals surface area contributed by atoms with Crippen molar-refractivity contribution in [2.45, 2.75) is 39.2 Å². The fraction of sp³-hybridized carbons (Fsp3) is 0.423. The number of fused-ring (bicyclic) bond motifs is 2. The molecule has 1 aliphatic heterocycles. The third-order valence-electron chi connectivity index (χ3n) is 6.15. The van der Waals surface area contributed by atoms with Crippen LogP contribution in [0, 0.1) is 5.92 Å². The molecule has 2 heterocycles. The summed E-state index contributed by atoms with van der Waals surface area (Å²) in [5.41, 5.74) is 2.89. The van der Waals surface area contributed by atoms with Gasteiger partial charge in [-0.25, -0.2) is 4.98 Å². The molecule has 0 spiro atoms. The lowest BCUT2D eigenvalue weighted by Gasteiger charge is -2.34. The number of H-pyrrole nitrogens is 1. The second-order valence-electron chi connectivity index (χ2n) is 9.16. The first-order chi connectivity index (χ1) is 15.9. The van der Waals surface area contributed by atoms with Crippen molar-refractivity contribution < 1.29 is 14.3 Å². The first kappa shape index (κ1) is 22.8. The third kappa shape index (κ3) is 5.18. The summed E-state index contributed by atoms with van der Waals surface area (Å²) in [6.45, 7) is 5.89. The normalized spacial score (nSPS) is 17.9. The highest BCUT2D eigenvalue weighted by molar-refractivity contribution is 5.98. The summed E-state index contributed by atoms with van der Waals surface area (Å²) in [6, 6.07) is 12.9. The molecule has 0 saturated heterocycles. The molecule has 0 saturated carbocycles. The van der Waals surface area contributed by atoms with Gasteiger partial charge >= 0.3 is 0 Å². The molecule has 7 heteroatoms. The van der Waals surface area contributed by atoms with E-state index in [2.05, 4.69) is 23.8 Å². The minimum absolute atomic E-state index is 0.00414. The number of nitrogens with zero attached hydrogens (tertiary/aromatic N) is 3. The summed E-state index contributed by atoms with van der Waals surface area (Å²) >= 11 is 0. The number of ether oxygens (including phenoxy) is 1. The predicted molar refractivity (Wildman–Crippen MR) is 129 cm³/mol. The van der Waals surface area contributed by atoms with Crippen LogP contribution < -0.4 is 4.74 Å². The van der Waals surface area contributed by atoms with Gasteiger partial charge in [0, 0.05) is 25.7 Å². The number of aromatic nitrogens is 2. The van der Waals surface area contributed by atoms with Crippen molar-refractivity contribution in [3.05, 3.63) is 59.9 Å². The Balaban J connectivity index is 1.66. The number of benzene rings is 2. The van der Waals surface area contributed by atoms with Crippen LogP contribution in [0.15, 0.2) is 48.8 Å². The summed E-state index contributed by atoms with van der Waals surface area (Å²) in [6.07, 6.45) is 4.09. The molecule has 33 heavy (non-hydrogen) atoms. The van der Waals surface area contributed by atoms with Crippen molar-refractivity contribution >= 4 is 22.8 Å². The first-order valence-electron chi connectivity index (χ1n) is 11.7. The van der Waals surface area contributed by atoms with Crippen LogP contribution in [0.5, 0.6) is 5.75 Å². The van der Waals surface area contributed by atoms with Gasteiger partial charge in [-0.1, -0.05) is 26.0 Å². The summed E-state index contributed by atoms with van der Waals surface area (Å²) in [5, 5.41) is 0. The molecule has 7 nitrogen and oxygen atoms in total. The smallest absolute Gasteiger partial charge is 0.257 e. The molecule has 0 unspecified atom stereocenters. The Labute approximate surface area is 194 Å². The van der Waals surface area contributed by atoms with E-state index >= 15 is 0 Å². The Morgan fingerprint density at radius 2 is 1.97 bits per heavy atom. The molecule has 0 aliphatic carbocycles. The number of amides is 2. The molecule has 0 radical (unpaired) electrons. The van der Waals surface area contributed by atoms with E-state index in [4.69, 9.17) is 4.74 Å². The van der Waals surface area contributed by atoms with E-state index in [1.54, 1.807) is 17.3 Å². The van der Waals surface area contributed by atoms with Crippen LogP contribution in [-0.2, 0) is 0 Å². The Bertz CT molecular complexity index is 1120. The molecule has 0 fully saturated rings. The van der Waals surface area contributed by atoms with Crippen LogP contribution >= 0.6 is 0 Å². The number of rotatable bonds is 3. The number of hydrogen-bond donors (Lipinski definition) is 1. The third-order valence-corrected chi connectivity index (χ3v) is 6.15. The van der Waals surface area contributed by atoms with Crippen LogP contribution in [0.4, 0.5) is 0 Å². The van der Waals surface area contributed by atoms with Gasteiger partial charge in [-0.05, 0) is 55.5 Å². The Kier molecular flexibility index (Phi) is 6.96. The summed E-state index contributed by atoms with van der Waals surface area (Å²) in [4.78, 5) is 37.7. The van der Waals surface area contributed by atoms with Gasteiger partial charge in [-0.15, -0.1) is 0 Å². The van der Waals surface area contributed by atoms with E-state index in [0.717, 1.165) is 30.3 Å². The van der Waals surface area contributed by atoms with Gasteiger partial charge in [0.25, 0.3) is 11.8 Å². The van der Waals surface area contributed by atoms with E-state index in [0.29, 0.717) is 42.5 Å². The lowest BCUT2D eigenvalue weighted by Crippen LogP contribution is -2.45. The average molecular weight is 449 g/mol. The minimum atomic E-state index is -0.102. The van der Waals surface area contributed by atoms with E-state index in [-0.39, 0.29) is 17.9 Å². The second kappa shape index (κ2) is 10.1. The molecular formula is C26H32N4O3.